The minimum atomic E-state index is -0.667. The molecule has 1 heterocycles. The minimum Gasteiger partial charge on any atom is -0.486 e. The maximum atomic E-state index is 12.4. The van der Waals surface area contributed by atoms with Crippen LogP contribution in [-0.2, 0) is 4.79 Å². The van der Waals surface area contributed by atoms with Gasteiger partial charge in [-0.2, -0.15) is 0 Å². The van der Waals surface area contributed by atoms with Crippen molar-refractivity contribution in [3.63, 3.8) is 0 Å². The molecular formula is C19H18BrN3O6. The highest BCUT2D eigenvalue weighted by atomic mass is 79.9. The van der Waals surface area contributed by atoms with Crippen molar-refractivity contribution in [2.24, 2.45) is 0 Å². The van der Waals surface area contributed by atoms with Gasteiger partial charge in [0.2, 0.25) is 5.91 Å². The molecule has 0 atom stereocenters. The fourth-order valence-corrected chi connectivity index (χ4v) is 3.10. The van der Waals surface area contributed by atoms with Gasteiger partial charge in [-0.3, -0.25) is 19.7 Å². The van der Waals surface area contributed by atoms with Crippen LogP contribution in [0.15, 0.2) is 34.8 Å². The average Bonchev–Trinajstić information content (AvgIpc) is 2.69. The van der Waals surface area contributed by atoms with Crippen LogP contribution in [-0.4, -0.2) is 36.5 Å². The normalized spacial score (nSPS) is 12.2. The molecule has 9 nitrogen and oxygen atoms in total. The van der Waals surface area contributed by atoms with E-state index in [4.69, 9.17) is 9.47 Å². The lowest BCUT2D eigenvalue weighted by molar-refractivity contribution is -0.385. The number of nitro benzene ring substituents is 1. The van der Waals surface area contributed by atoms with Gasteiger partial charge in [-0.05, 0) is 24.6 Å². The predicted molar refractivity (Wildman–Crippen MR) is 109 cm³/mol. The SMILES string of the molecule is Cc1ccc(Br)cc1NC(=O)CCNC(=O)c1cc2c(cc1[N+](=O)[O-])OCCO2. The van der Waals surface area contributed by atoms with Gasteiger partial charge in [-0.25, -0.2) is 0 Å². The van der Waals surface area contributed by atoms with Gasteiger partial charge in [0.1, 0.15) is 18.8 Å². The first-order chi connectivity index (χ1) is 13.8. The molecule has 0 saturated heterocycles. The number of halogens is 1. The predicted octanol–water partition coefficient (Wildman–Crippen LogP) is 3.20. The van der Waals surface area contributed by atoms with Gasteiger partial charge in [-0.15, -0.1) is 0 Å². The number of aryl methyl sites for hydroxylation is 1. The molecule has 0 spiro atoms. The number of rotatable bonds is 6. The average molecular weight is 464 g/mol. The molecule has 0 aliphatic carbocycles. The summed E-state index contributed by atoms with van der Waals surface area (Å²) in [4.78, 5) is 35.2. The Morgan fingerprint density at radius 2 is 1.86 bits per heavy atom. The monoisotopic (exact) mass is 463 g/mol. The third-order valence-corrected chi connectivity index (χ3v) is 4.71. The Balaban J connectivity index is 1.62. The zero-order chi connectivity index (χ0) is 21.0. The molecule has 0 saturated carbocycles. The number of fused-ring (bicyclic) bond motifs is 1. The summed E-state index contributed by atoms with van der Waals surface area (Å²) in [5.74, 6) is -0.457. The first-order valence-electron chi connectivity index (χ1n) is 8.77. The maximum Gasteiger partial charge on any atom is 0.286 e. The zero-order valence-corrected chi connectivity index (χ0v) is 17.1. The van der Waals surface area contributed by atoms with Crippen LogP contribution in [0.1, 0.15) is 22.3 Å². The summed E-state index contributed by atoms with van der Waals surface area (Å²) >= 11 is 3.35. The minimum absolute atomic E-state index is 0.00996. The molecule has 2 aromatic carbocycles. The molecule has 1 aliphatic heterocycles. The Morgan fingerprint density at radius 1 is 1.17 bits per heavy atom. The fraction of sp³-hybridized carbons (Fsp3) is 0.263. The second kappa shape index (κ2) is 8.91. The molecule has 0 radical (unpaired) electrons. The molecule has 2 N–H and O–H groups in total. The van der Waals surface area contributed by atoms with Crippen LogP contribution in [0.4, 0.5) is 11.4 Å². The summed E-state index contributed by atoms with van der Waals surface area (Å²) in [6, 6.07) is 7.97. The Hall–Kier alpha value is -3.14. The Labute approximate surface area is 174 Å². The quantitative estimate of drug-likeness (QED) is 0.501. The number of nitrogens with one attached hydrogen (secondary N) is 2. The van der Waals surface area contributed by atoms with Crippen molar-refractivity contribution in [1.82, 2.24) is 5.32 Å². The first kappa shape index (κ1) is 20.6. The van der Waals surface area contributed by atoms with Gasteiger partial charge in [0.25, 0.3) is 11.6 Å². The van der Waals surface area contributed by atoms with E-state index < -0.39 is 10.8 Å². The summed E-state index contributed by atoms with van der Waals surface area (Å²) < 4.78 is 11.5. The molecule has 0 aromatic heterocycles. The number of nitrogens with zero attached hydrogens (tertiary/aromatic N) is 1. The van der Waals surface area contributed by atoms with Gasteiger partial charge in [0.15, 0.2) is 11.5 Å². The number of carbonyl (C=O) groups is 2. The summed E-state index contributed by atoms with van der Waals surface area (Å²) in [6.07, 6.45) is 0.00996. The van der Waals surface area contributed by atoms with E-state index >= 15 is 0 Å². The fourth-order valence-electron chi connectivity index (χ4n) is 2.74. The van der Waals surface area contributed by atoms with Crippen molar-refractivity contribution in [3.8, 4) is 11.5 Å². The van der Waals surface area contributed by atoms with Crippen molar-refractivity contribution >= 4 is 39.1 Å². The lowest BCUT2D eigenvalue weighted by Crippen LogP contribution is -2.28. The van der Waals surface area contributed by atoms with Crippen molar-refractivity contribution in [1.29, 1.82) is 0 Å². The largest absolute Gasteiger partial charge is 0.486 e. The maximum absolute atomic E-state index is 12.4. The third-order valence-electron chi connectivity index (χ3n) is 4.21. The number of hydrogen-bond donors (Lipinski definition) is 2. The van der Waals surface area contributed by atoms with Gasteiger partial charge in [0.05, 0.1) is 11.0 Å². The lowest BCUT2D eigenvalue weighted by atomic mass is 10.1. The van der Waals surface area contributed by atoms with E-state index in [2.05, 4.69) is 26.6 Å². The lowest BCUT2D eigenvalue weighted by Gasteiger charge is -2.18. The van der Waals surface area contributed by atoms with E-state index in [-0.39, 0.29) is 48.2 Å². The zero-order valence-electron chi connectivity index (χ0n) is 15.5. The standard InChI is InChI=1S/C19H18BrN3O6/c1-11-2-3-12(20)8-14(11)22-18(24)4-5-21-19(25)13-9-16-17(29-7-6-28-16)10-15(13)23(26)27/h2-3,8-10H,4-7H2,1H3,(H,21,25)(H,22,24). The van der Waals surface area contributed by atoms with Crippen LogP contribution in [0.5, 0.6) is 11.5 Å². The van der Waals surface area contributed by atoms with Gasteiger partial charge in [-0.1, -0.05) is 22.0 Å². The van der Waals surface area contributed by atoms with Crippen molar-refractivity contribution in [3.05, 3.63) is 56.0 Å². The highest BCUT2D eigenvalue weighted by Gasteiger charge is 2.26. The van der Waals surface area contributed by atoms with Crippen LogP contribution in [0.3, 0.4) is 0 Å². The number of carbonyl (C=O) groups excluding carboxylic acids is 2. The van der Waals surface area contributed by atoms with Crippen LogP contribution in [0.25, 0.3) is 0 Å². The molecule has 3 rings (SSSR count). The number of nitro groups is 1. The Kier molecular flexibility index (Phi) is 6.32. The molecule has 2 amide bonds. The van der Waals surface area contributed by atoms with E-state index in [9.17, 15) is 19.7 Å². The van der Waals surface area contributed by atoms with Crippen molar-refractivity contribution in [2.75, 3.05) is 25.1 Å². The van der Waals surface area contributed by atoms with Crippen LogP contribution in [0.2, 0.25) is 0 Å². The van der Waals surface area contributed by atoms with Crippen molar-refractivity contribution in [2.45, 2.75) is 13.3 Å². The third kappa shape index (κ3) is 5.02. The van der Waals surface area contributed by atoms with E-state index in [0.717, 1.165) is 10.0 Å². The summed E-state index contributed by atoms with van der Waals surface area (Å²) in [6.45, 7) is 2.46. The highest BCUT2D eigenvalue weighted by molar-refractivity contribution is 9.10. The van der Waals surface area contributed by atoms with Crippen molar-refractivity contribution < 1.29 is 24.0 Å². The number of anilines is 1. The summed E-state index contributed by atoms with van der Waals surface area (Å²) in [7, 11) is 0. The van der Waals surface area contributed by atoms with Crippen LogP contribution < -0.4 is 20.1 Å². The van der Waals surface area contributed by atoms with Gasteiger partial charge < -0.3 is 20.1 Å². The topological polar surface area (TPSA) is 120 Å². The second-order valence-electron chi connectivity index (χ2n) is 6.28. The second-order valence-corrected chi connectivity index (χ2v) is 7.20. The molecule has 2 aromatic rings. The molecule has 1 aliphatic rings. The first-order valence-corrected chi connectivity index (χ1v) is 9.56. The van der Waals surface area contributed by atoms with E-state index in [1.165, 1.54) is 12.1 Å². The summed E-state index contributed by atoms with van der Waals surface area (Å²) in [5.41, 5.74) is 1.03. The molecule has 0 unspecified atom stereocenters. The summed E-state index contributed by atoms with van der Waals surface area (Å²) in [5, 5.41) is 16.6. The van der Waals surface area contributed by atoms with E-state index in [1.54, 1.807) is 6.07 Å². The van der Waals surface area contributed by atoms with Crippen LogP contribution in [0, 0.1) is 17.0 Å². The molecule has 29 heavy (non-hydrogen) atoms. The van der Waals surface area contributed by atoms with E-state index in [1.807, 2.05) is 19.1 Å². The Morgan fingerprint density at radius 3 is 2.55 bits per heavy atom. The Bertz CT molecular complexity index is 979. The number of ether oxygens (including phenoxy) is 2. The van der Waals surface area contributed by atoms with Gasteiger partial charge >= 0.3 is 0 Å². The molecule has 0 fully saturated rings. The highest BCUT2D eigenvalue weighted by Crippen LogP contribution is 2.36. The number of amides is 2. The molecular weight excluding hydrogens is 446 g/mol. The van der Waals surface area contributed by atoms with Crippen LogP contribution >= 0.6 is 15.9 Å². The molecule has 10 heteroatoms. The smallest absolute Gasteiger partial charge is 0.286 e. The molecule has 0 bridgehead atoms. The number of hydrogen-bond acceptors (Lipinski definition) is 6. The molecule has 152 valence electrons. The number of benzene rings is 2. The van der Waals surface area contributed by atoms with E-state index in [0.29, 0.717) is 12.3 Å². The van der Waals surface area contributed by atoms with Gasteiger partial charge in [0, 0.05) is 29.2 Å².